The first kappa shape index (κ1) is 12.5. The second-order valence-corrected chi connectivity index (χ2v) is 4.30. The van der Waals surface area contributed by atoms with Crippen LogP contribution in [0.2, 0.25) is 0 Å². The lowest BCUT2D eigenvalue weighted by molar-refractivity contribution is 0.361. The number of hydrogen-bond donors (Lipinski definition) is 0. The molecule has 0 aliphatic rings. The summed E-state index contributed by atoms with van der Waals surface area (Å²) in [5.41, 5.74) is 0.969. The maximum atomic E-state index is 9.40. The molecule has 0 saturated carbocycles. The molecule has 16 heavy (non-hydrogen) atoms. The quantitative estimate of drug-likeness (QED) is 0.652. The molecule has 1 rings (SSSR count). The summed E-state index contributed by atoms with van der Waals surface area (Å²) in [6, 6.07) is 12.7. The van der Waals surface area contributed by atoms with E-state index in [1.807, 2.05) is 24.3 Å². The molecule has 0 fully saturated rings. The average Bonchev–Trinajstić information content (AvgIpc) is 2.31. The Labute approximate surface area is 98.4 Å². The standard InChI is InChI=1S/C15H19N/c1-3-10-15(13-16,11-4-2)12-14-8-6-5-7-9-14/h3,5-9H,1,4,10-12H2,2H3. The van der Waals surface area contributed by atoms with E-state index >= 15 is 0 Å². The Hall–Kier alpha value is -1.55. The maximum Gasteiger partial charge on any atom is 0.0696 e. The van der Waals surface area contributed by atoms with Crippen LogP contribution in [0, 0.1) is 16.7 Å². The Balaban J connectivity index is 2.85. The van der Waals surface area contributed by atoms with Crippen molar-refractivity contribution >= 4 is 0 Å². The van der Waals surface area contributed by atoms with Crippen molar-refractivity contribution in [3.63, 3.8) is 0 Å². The summed E-state index contributed by atoms with van der Waals surface area (Å²) in [5.74, 6) is 0. The lowest BCUT2D eigenvalue weighted by Gasteiger charge is -2.24. The van der Waals surface area contributed by atoms with Crippen LogP contribution in [0.1, 0.15) is 31.7 Å². The van der Waals surface area contributed by atoms with Gasteiger partial charge in [-0.25, -0.2) is 0 Å². The molecule has 1 atom stereocenters. The van der Waals surface area contributed by atoms with Gasteiger partial charge >= 0.3 is 0 Å². The molecule has 1 aromatic carbocycles. The molecule has 1 aromatic rings. The van der Waals surface area contributed by atoms with Gasteiger partial charge in [-0.3, -0.25) is 0 Å². The number of rotatable bonds is 6. The van der Waals surface area contributed by atoms with Gasteiger partial charge in [-0.1, -0.05) is 49.8 Å². The van der Waals surface area contributed by atoms with E-state index in [1.54, 1.807) is 0 Å². The van der Waals surface area contributed by atoms with Gasteiger partial charge in [-0.15, -0.1) is 6.58 Å². The van der Waals surface area contributed by atoms with Crippen LogP contribution in [0.15, 0.2) is 43.0 Å². The highest BCUT2D eigenvalue weighted by Gasteiger charge is 2.27. The lowest BCUT2D eigenvalue weighted by atomic mass is 9.76. The van der Waals surface area contributed by atoms with Crippen LogP contribution < -0.4 is 0 Å². The first-order valence-corrected chi connectivity index (χ1v) is 5.82. The Morgan fingerprint density at radius 1 is 1.38 bits per heavy atom. The zero-order chi connectivity index (χ0) is 11.9. The third-order valence-corrected chi connectivity index (χ3v) is 2.89. The molecule has 1 heteroatoms. The SMILES string of the molecule is C=CCC(C#N)(CCC)Cc1ccccc1. The first-order valence-electron chi connectivity index (χ1n) is 5.82. The highest BCUT2D eigenvalue weighted by atomic mass is 14.4. The van der Waals surface area contributed by atoms with Gasteiger partial charge < -0.3 is 0 Å². The van der Waals surface area contributed by atoms with Gasteiger partial charge in [0.05, 0.1) is 11.5 Å². The normalized spacial score (nSPS) is 13.8. The van der Waals surface area contributed by atoms with Crippen LogP contribution in [-0.4, -0.2) is 0 Å². The summed E-state index contributed by atoms with van der Waals surface area (Å²) in [4.78, 5) is 0. The minimum Gasteiger partial charge on any atom is -0.198 e. The molecule has 0 heterocycles. The molecule has 1 nitrogen and oxygen atoms in total. The molecule has 0 radical (unpaired) electrons. The molecule has 1 unspecified atom stereocenters. The van der Waals surface area contributed by atoms with Crippen LogP contribution in [0.5, 0.6) is 0 Å². The van der Waals surface area contributed by atoms with Crippen molar-refractivity contribution in [2.75, 3.05) is 0 Å². The molecule has 0 bridgehead atoms. The topological polar surface area (TPSA) is 23.8 Å². The van der Waals surface area contributed by atoms with E-state index in [4.69, 9.17) is 0 Å². The lowest BCUT2D eigenvalue weighted by Crippen LogP contribution is -2.20. The zero-order valence-electron chi connectivity index (χ0n) is 9.95. The van der Waals surface area contributed by atoms with Gasteiger partial charge in [0, 0.05) is 0 Å². The van der Waals surface area contributed by atoms with Gasteiger partial charge in [-0.05, 0) is 24.8 Å². The highest BCUT2D eigenvalue weighted by Crippen LogP contribution is 2.32. The largest absolute Gasteiger partial charge is 0.198 e. The minimum atomic E-state index is -0.266. The number of nitrogens with zero attached hydrogens (tertiary/aromatic N) is 1. The number of allylic oxidation sites excluding steroid dienone is 1. The van der Waals surface area contributed by atoms with Crippen LogP contribution in [0.4, 0.5) is 0 Å². The Morgan fingerprint density at radius 2 is 2.06 bits per heavy atom. The highest BCUT2D eigenvalue weighted by molar-refractivity contribution is 5.20. The predicted octanol–water partition coefficient (Wildman–Crippen LogP) is 4.12. The average molecular weight is 213 g/mol. The van der Waals surface area contributed by atoms with Crippen molar-refractivity contribution in [2.45, 2.75) is 32.6 Å². The zero-order valence-corrected chi connectivity index (χ0v) is 9.95. The van der Waals surface area contributed by atoms with Gasteiger partial charge in [0.1, 0.15) is 0 Å². The minimum absolute atomic E-state index is 0.266. The van der Waals surface area contributed by atoms with E-state index in [0.29, 0.717) is 0 Å². The van der Waals surface area contributed by atoms with E-state index < -0.39 is 0 Å². The van der Waals surface area contributed by atoms with Crippen molar-refractivity contribution in [1.29, 1.82) is 5.26 Å². The fraction of sp³-hybridized carbons (Fsp3) is 0.400. The number of nitriles is 1. The van der Waals surface area contributed by atoms with Gasteiger partial charge in [0.15, 0.2) is 0 Å². The molecule has 84 valence electrons. The summed E-state index contributed by atoms with van der Waals surface area (Å²) in [7, 11) is 0. The van der Waals surface area contributed by atoms with Crippen molar-refractivity contribution < 1.29 is 0 Å². The fourth-order valence-corrected chi connectivity index (χ4v) is 2.15. The van der Waals surface area contributed by atoms with Crippen molar-refractivity contribution in [3.05, 3.63) is 48.6 Å². The molecule has 0 saturated heterocycles. The monoisotopic (exact) mass is 213 g/mol. The van der Waals surface area contributed by atoms with E-state index in [0.717, 1.165) is 25.7 Å². The Bertz CT molecular complexity index is 361. The van der Waals surface area contributed by atoms with Crippen molar-refractivity contribution in [1.82, 2.24) is 0 Å². The number of hydrogen-bond acceptors (Lipinski definition) is 1. The molecule has 0 aliphatic carbocycles. The summed E-state index contributed by atoms with van der Waals surface area (Å²) in [6.07, 6.45) is 5.43. The van der Waals surface area contributed by atoms with Gasteiger partial charge in [-0.2, -0.15) is 5.26 Å². The second kappa shape index (κ2) is 6.12. The predicted molar refractivity (Wildman–Crippen MR) is 67.9 cm³/mol. The van der Waals surface area contributed by atoms with E-state index in [-0.39, 0.29) is 5.41 Å². The second-order valence-electron chi connectivity index (χ2n) is 4.30. The molecular weight excluding hydrogens is 194 g/mol. The fourth-order valence-electron chi connectivity index (χ4n) is 2.15. The smallest absolute Gasteiger partial charge is 0.0696 e. The van der Waals surface area contributed by atoms with Crippen LogP contribution in [-0.2, 0) is 6.42 Å². The van der Waals surface area contributed by atoms with E-state index in [1.165, 1.54) is 5.56 Å². The van der Waals surface area contributed by atoms with E-state index in [9.17, 15) is 5.26 Å². The van der Waals surface area contributed by atoms with Gasteiger partial charge in [0.25, 0.3) is 0 Å². The summed E-state index contributed by atoms with van der Waals surface area (Å²) < 4.78 is 0. The summed E-state index contributed by atoms with van der Waals surface area (Å²) >= 11 is 0. The molecule has 0 aromatic heterocycles. The molecule has 0 aliphatic heterocycles. The summed E-state index contributed by atoms with van der Waals surface area (Å²) in [6.45, 7) is 5.89. The Kier molecular flexibility index (Phi) is 4.79. The Morgan fingerprint density at radius 3 is 2.56 bits per heavy atom. The molecule has 0 amide bonds. The van der Waals surface area contributed by atoms with E-state index in [2.05, 4.69) is 31.7 Å². The van der Waals surface area contributed by atoms with Crippen LogP contribution in [0.3, 0.4) is 0 Å². The number of benzene rings is 1. The van der Waals surface area contributed by atoms with Gasteiger partial charge in [0.2, 0.25) is 0 Å². The van der Waals surface area contributed by atoms with Crippen molar-refractivity contribution in [3.8, 4) is 6.07 Å². The third-order valence-electron chi connectivity index (χ3n) is 2.89. The maximum absolute atomic E-state index is 9.40. The molecular formula is C15H19N. The van der Waals surface area contributed by atoms with Crippen LogP contribution >= 0.6 is 0 Å². The van der Waals surface area contributed by atoms with Crippen LogP contribution in [0.25, 0.3) is 0 Å². The third kappa shape index (κ3) is 3.24. The first-order chi connectivity index (χ1) is 7.76. The van der Waals surface area contributed by atoms with Crippen molar-refractivity contribution in [2.24, 2.45) is 5.41 Å². The summed E-state index contributed by atoms with van der Waals surface area (Å²) in [5, 5.41) is 9.40. The molecule has 0 spiro atoms. The molecule has 0 N–H and O–H groups in total.